The van der Waals surface area contributed by atoms with Gasteiger partial charge in [0.25, 0.3) is 5.91 Å². The Morgan fingerprint density at radius 1 is 1.00 bits per heavy atom. The van der Waals surface area contributed by atoms with Crippen LogP contribution < -0.4 is 14.8 Å². The van der Waals surface area contributed by atoms with E-state index in [0.29, 0.717) is 29.0 Å². The maximum Gasteiger partial charge on any atom is 0.257 e. The molecule has 0 radical (unpaired) electrons. The van der Waals surface area contributed by atoms with Crippen molar-refractivity contribution < 1.29 is 17.9 Å². The normalized spacial score (nSPS) is 12.1. The number of carbonyl (C=O) groups is 1. The van der Waals surface area contributed by atoms with Crippen LogP contribution >= 0.6 is 11.8 Å². The molecule has 0 aliphatic heterocycles. The first kappa shape index (κ1) is 26.4. The Morgan fingerprint density at radius 3 is 2.38 bits per heavy atom. The molecular weight excluding hydrogens is 510 g/mol. The first-order valence-corrected chi connectivity index (χ1v) is 14.0. The van der Waals surface area contributed by atoms with Gasteiger partial charge in [-0.2, -0.15) is 0 Å². The van der Waals surface area contributed by atoms with E-state index in [0.717, 1.165) is 11.1 Å². The zero-order valence-corrected chi connectivity index (χ0v) is 21.8. The lowest BCUT2D eigenvalue weighted by atomic mass is 10.1. The van der Waals surface area contributed by atoms with E-state index >= 15 is 0 Å². The standard InChI is InChI=1S/C26H27N5O4S2/c1-19(20-8-4-2-5-9-20)31-37(33,34)23-14-12-22(13-15-23)35-18-24(32)27-16-17-36-26-28-25(29-30-26)21-10-6-3-7-11-21/h2-15,19,31H,16-18H2,1H3,(H,27,32)(H,28,29,30)/t19-/m0/s1. The summed E-state index contributed by atoms with van der Waals surface area (Å²) in [5.74, 6) is 1.41. The van der Waals surface area contributed by atoms with Crippen molar-refractivity contribution in [1.82, 2.24) is 25.2 Å². The van der Waals surface area contributed by atoms with Crippen molar-refractivity contribution in [1.29, 1.82) is 0 Å². The lowest BCUT2D eigenvalue weighted by Crippen LogP contribution is -2.30. The van der Waals surface area contributed by atoms with Gasteiger partial charge in [0.05, 0.1) is 4.90 Å². The van der Waals surface area contributed by atoms with E-state index in [9.17, 15) is 13.2 Å². The fourth-order valence-corrected chi connectivity index (χ4v) is 5.28. The lowest BCUT2D eigenvalue weighted by molar-refractivity contribution is -0.122. The van der Waals surface area contributed by atoms with Crippen LogP contribution in [0.25, 0.3) is 11.4 Å². The second-order valence-electron chi connectivity index (χ2n) is 8.04. The van der Waals surface area contributed by atoms with Crippen LogP contribution in [0.5, 0.6) is 5.75 Å². The second-order valence-corrected chi connectivity index (χ2v) is 10.8. The highest BCUT2D eigenvalue weighted by Gasteiger charge is 2.18. The zero-order valence-electron chi connectivity index (χ0n) is 20.1. The molecule has 0 bridgehead atoms. The number of hydrogen-bond acceptors (Lipinski definition) is 7. The molecule has 37 heavy (non-hydrogen) atoms. The Labute approximate surface area is 220 Å². The molecule has 0 fully saturated rings. The van der Waals surface area contributed by atoms with Crippen LogP contribution in [0.3, 0.4) is 0 Å². The third-order valence-electron chi connectivity index (χ3n) is 5.30. The number of amides is 1. The molecule has 0 unspecified atom stereocenters. The number of nitrogens with one attached hydrogen (secondary N) is 3. The second kappa shape index (κ2) is 12.5. The summed E-state index contributed by atoms with van der Waals surface area (Å²) in [6, 6.07) is 24.6. The lowest BCUT2D eigenvalue weighted by Gasteiger charge is -2.15. The number of H-pyrrole nitrogens is 1. The highest BCUT2D eigenvalue weighted by Crippen LogP contribution is 2.20. The van der Waals surface area contributed by atoms with E-state index in [1.54, 1.807) is 6.92 Å². The minimum Gasteiger partial charge on any atom is -0.484 e. The number of benzene rings is 3. The Hall–Kier alpha value is -3.67. The third kappa shape index (κ3) is 7.66. The Morgan fingerprint density at radius 2 is 1.68 bits per heavy atom. The molecule has 0 saturated carbocycles. The first-order valence-electron chi connectivity index (χ1n) is 11.6. The Kier molecular flexibility index (Phi) is 8.94. The molecule has 1 aromatic heterocycles. The van der Waals surface area contributed by atoms with Gasteiger partial charge >= 0.3 is 0 Å². The summed E-state index contributed by atoms with van der Waals surface area (Å²) in [6.07, 6.45) is 0. The van der Waals surface area contributed by atoms with Gasteiger partial charge in [-0.3, -0.25) is 9.89 Å². The molecular formula is C26H27N5O4S2. The van der Waals surface area contributed by atoms with Gasteiger partial charge < -0.3 is 10.1 Å². The van der Waals surface area contributed by atoms with Crippen molar-refractivity contribution in [3.8, 4) is 17.1 Å². The first-order chi connectivity index (χ1) is 17.9. The Balaban J connectivity index is 1.18. The predicted octanol–water partition coefficient (Wildman–Crippen LogP) is 3.80. The van der Waals surface area contributed by atoms with Gasteiger partial charge in [0, 0.05) is 23.9 Å². The predicted molar refractivity (Wildman–Crippen MR) is 143 cm³/mol. The molecule has 1 heterocycles. The minimum atomic E-state index is -3.71. The molecule has 9 nitrogen and oxygen atoms in total. The largest absolute Gasteiger partial charge is 0.484 e. The molecule has 0 aliphatic carbocycles. The number of sulfonamides is 1. The number of nitrogens with zero attached hydrogens (tertiary/aromatic N) is 2. The van der Waals surface area contributed by atoms with E-state index in [2.05, 4.69) is 25.2 Å². The average Bonchev–Trinajstić information content (AvgIpc) is 3.40. The van der Waals surface area contributed by atoms with Crippen molar-refractivity contribution in [3.05, 3.63) is 90.5 Å². The third-order valence-corrected chi connectivity index (χ3v) is 7.71. The van der Waals surface area contributed by atoms with Gasteiger partial charge in [-0.25, -0.2) is 18.1 Å². The van der Waals surface area contributed by atoms with Gasteiger partial charge in [-0.15, -0.1) is 5.10 Å². The smallest absolute Gasteiger partial charge is 0.257 e. The summed E-state index contributed by atoms with van der Waals surface area (Å²) in [5, 5.41) is 10.5. The summed E-state index contributed by atoms with van der Waals surface area (Å²) in [5.41, 5.74) is 1.82. The number of hydrogen-bond donors (Lipinski definition) is 3. The molecule has 11 heteroatoms. The monoisotopic (exact) mass is 537 g/mol. The number of carbonyl (C=O) groups excluding carboxylic acids is 1. The summed E-state index contributed by atoms with van der Waals surface area (Å²) >= 11 is 1.43. The van der Waals surface area contributed by atoms with Crippen LogP contribution in [0.2, 0.25) is 0 Å². The van der Waals surface area contributed by atoms with E-state index in [-0.39, 0.29) is 23.5 Å². The van der Waals surface area contributed by atoms with Crippen LogP contribution in [-0.2, 0) is 14.8 Å². The van der Waals surface area contributed by atoms with Gasteiger partial charge in [-0.1, -0.05) is 72.4 Å². The number of thioether (sulfide) groups is 1. The molecule has 4 rings (SSSR count). The van der Waals surface area contributed by atoms with Crippen LogP contribution in [0.15, 0.2) is 95.0 Å². The molecule has 4 aromatic rings. The van der Waals surface area contributed by atoms with Crippen molar-refractivity contribution in [3.63, 3.8) is 0 Å². The van der Waals surface area contributed by atoms with Crippen molar-refractivity contribution in [2.24, 2.45) is 0 Å². The fourth-order valence-electron chi connectivity index (χ4n) is 3.39. The van der Waals surface area contributed by atoms with Crippen molar-refractivity contribution in [2.45, 2.75) is 23.0 Å². The Bertz CT molecular complexity index is 1400. The summed E-state index contributed by atoms with van der Waals surface area (Å²) in [6.45, 7) is 2.03. The molecule has 0 aliphatic rings. The molecule has 1 atom stereocenters. The molecule has 0 saturated heterocycles. The highest BCUT2D eigenvalue weighted by atomic mass is 32.2. The number of ether oxygens (including phenoxy) is 1. The fraction of sp³-hybridized carbons (Fsp3) is 0.192. The van der Waals surface area contributed by atoms with E-state index in [1.165, 1.54) is 36.0 Å². The quantitative estimate of drug-likeness (QED) is 0.185. The van der Waals surface area contributed by atoms with Crippen LogP contribution in [0.1, 0.15) is 18.5 Å². The van der Waals surface area contributed by atoms with Gasteiger partial charge in [0.2, 0.25) is 15.2 Å². The maximum absolute atomic E-state index is 12.7. The number of rotatable bonds is 12. The summed E-state index contributed by atoms with van der Waals surface area (Å²) < 4.78 is 33.5. The molecule has 3 aromatic carbocycles. The van der Waals surface area contributed by atoms with Crippen LogP contribution in [0.4, 0.5) is 0 Å². The minimum absolute atomic E-state index is 0.117. The zero-order chi connectivity index (χ0) is 26.1. The molecule has 3 N–H and O–H groups in total. The molecule has 0 spiro atoms. The van der Waals surface area contributed by atoms with E-state index in [4.69, 9.17) is 4.74 Å². The summed E-state index contributed by atoms with van der Waals surface area (Å²) in [4.78, 5) is 16.7. The van der Waals surface area contributed by atoms with Crippen LogP contribution in [-0.4, -0.2) is 48.4 Å². The van der Waals surface area contributed by atoms with Gasteiger partial charge in [-0.05, 0) is 36.8 Å². The van der Waals surface area contributed by atoms with Gasteiger partial charge in [0.15, 0.2) is 12.4 Å². The SMILES string of the molecule is C[C@H](NS(=O)(=O)c1ccc(OCC(=O)NCCSc2n[nH]c(-c3ccccc3)n2)cc1)c1ccccc1. The van der Waals surface area contributed by atoms with Crippen LogP contribution in [0, 0.1) is 0 Å². The van der Waals surface area contributed by atoms with E-state index < -0.39 is 10.0 Å². The van der Waals surface area contributed by atoms with Crippen molar-refractivity contribution >= 4 is 27.7 Å². The average molecular weight is 538 g/mol. The number of aromatic nitrogens is 3. The van der Waals surface area contributed by atoms with Crippen molar-refractivity contribution in [2.75, 3.05) is 18.9 Å². The topological polar surface area (TPSA) is 126 Å². The number of aromatic amines is 1. The molecule has 192 valence electrons. The summed E-state index contributed by atoms with van der Waals surface area (Å²) in [7, 11) is -3.71. The van der Waals surface area contributed by atoms with Gasteiger partial charge in [0.1, 0.15) is 5.75 Å². The highest BCUT2D eigenvalue weighted by molar-refractivity contribution is 7.99. The molecule has 1 amide bonds. The maximum atomic E-state index is 12.7. The van der Waals surface area contributed by atoms with E-state index in [1.807, 2.05) is 60.7 Å².